The van der Waals surface area contributed by atoms with Gasteiger partial charge in [0.25, 0.3) is 0 Å². The smallest absolute Gasteiger partial charge is 0.241 e. The molecule has 1 heterocycles. The van der Waals surface area contributed by atoms with Gasteiger partial charge in [0, 0.05) is 18.8 Å². The summed E-state index contributed by atoms with van der Waals surface area (Å²) >= 11 is 0. The van der Waals surface area contributed by atoms with E-state index in [1.807, 2.05) is 19.9 Å². The first-order valence-corrected chi connectivity index (χ1v) is 8.98. The van der Waals surface area contributed by atoms with Gasteiger partial charge in [-0.2, -0.15) is 0 Å². The number of sulfonamides is 1. The minimum atomic E-state index is -3.56. The van der Waals surface area contributed by atoms with Crippen molar-refractivity contribution in [2.45, 2.75) is 50.5 Å². The van der Waals surface area contributed by atoms with Crippen molar-refractivity contribution in [3.63, 3.8) is 0 Å². The zero-order chi connectivity index (χ0) is 15.5. The van der Waals surface area contributed by atoms with Gasteiger partial charge in [-0.1, -0.05) is 13.8 Å². The van der Waals surface area contributed by atoms with Crippen LogP contribution in [0.25, 0.3) is 0 Å². The highest BCUT2D eigenvalue weighted by atomic mass is 32.2. The van der Waals surface area contributed by atoms with Crippen LogP contribution in [0.15, 0.2) is 17.0 Å². The molecule has 1 aromatic carbocycles. The van der Waals surface area contributed by atoms with Gasteiger partial charge in [0.1, 0.15) is 0 Å². The van der Waals surface area contributed by atoms with E-state index in [1.165, 1.54) is 0 Å². The van der Waals surface area contributed by atoms with E-state index in [0.717, 1.165) is 24.8 Å². The normalized spacial score (nSPS) is 19.0. The third-order valence-corrected chi connectivity index (χ3v) is 5.37. The van der Waals surface area contributed by atoms with Crippen molar-refractivity contribution in [2.75, 3.05) is 18.9 Å². The first kappa shape index (κ1) is 16.3. The van der Waals surface area contributed by atoms with Crippen molar-refractivity contribution in [1.29, 1.82) is 0 Å². The molecule has 1 aliphatic heterocycles. The fourth-order valence-corrected chi connectivity index (χ4v) is 4.09. The Balaban J connectivity index is 2.27. The molecule has 3 N–H and O–H groups in total. The molecule has 0 spiro atoms. The van der Waals surface area contributed by atoms with Gasteiger partial charge in [-0.05, 0) is 48.9 Å². The predicted molar refractivity (Wildman–Crippen MR) is 83.8 cm³/mol. The van der Waals surface area contributed by atoms with E-state index in [-0.39, 0.29) is 6.10 Å². The van der Waals surface area contributed by atoms with Gasteiger partial charge in [0.2, 0.25) is 10.0 Å². The van der Waals surface area contributed by atoms with Crippen LogP contribution >= 0.6 is 0 Å². The van der Waals surface area contributed by atoms with Crippen LogP contribution in [0.3, 0.4) is 0 Å². The SMILES string of the molecule is CCc1cc(N)c(CC)c(S(=O)(=O)NCC2CCCO2)c1. The number of aryl methyl sites for hydroxylation is 1. The molecule has 0 aromatic heterocycles. The molecule has 1 aliphatic rings. The van der Waals surface area contributed by atoms with Crippen molar-refractivity contribution < 1.29 is 13.2 Å². The summed E-state index contributed by atoms with van der Waals surface area (Å²) in [5, 5.41) is 0. The van der Waals surface area contributed by atoms with Crippen LogP contribution in [0.1, 0.15) is 37.8 Å². The average molecular weight is 312 g/mol. The summed E-state index contributed by atoms with van der Waals surface area (Å²) in [6.45, 7) is 4.93. The molecule has 118 valence electrons. The van der Waals surface area contributed by atoms with E-state index in [1.54, 1.807) is 6.07 Å². The predicted octanol–water partition coefficient (Wildman–Crippen LogP) is 1.85. The molecule has 0 aliphatic carbocycles. The highest BCUT2D eigenvalue weighted by Gasteiger charge is 2.23. The highest BCUT2D eigenvalue weighted by molar-refractivity contribution is 7.89. The van der Waals surface area contributed by atoms with Gasteiger partial charge < -0.3 is 10.5 Å². The van der Waals surface area contributed by atoms with E-state index >= 15 is 0 Å². The maximum absolute atomic E-state index is 12.6. The number of ether oxygens (including phenoxy) is 1. The highest BCUT2D eigenvalue weighted by Crippen LogP contribution is 2.25. The molecule has 1 atom stereocenters. The van der Waals surface area contributed by atoms with Crippen LogP contribution in [-0.2, 0) is 27.6 Å². The summed E-state index contributed by atoms with van der Waals surface area (Å²) in [6.07, 6.45) is 3.22. The molecule has 1 saturated heterocycles. The molecule has 1 unspecified atom stereocenters. The number of anilines is 1. The quantitative estimate of drug-likeness (QED) is 0.786. The molecule has 0 bridgehead atoms. The summed E-state index contributed by atoms with van der Waals surface area (Å²) < 4.78 is 33.3. The lowest BCUT2D eigenvalue weighted by molar-refractivity contribution is 0.114. The molecule has 2 rings (SSSR count). The lowest BCUT2D eigenvalue weighted by Crippen LogP contribution is -2.32. The van der Waals surface area contributed by atoms with Crippen molar-refractivity contribution in [3.8, 4) is 0 Å². The Morgan fingerprint density at radius 1 is 1.33 bits per heavy atom. The summed E-state index contributed by atoms with van der Waals surface area (Å²) in [5.41, 5.74) is 8.18. The van der Waals surface area contributed by atoms with Gasteiger partial charge in [-0.3, -0.25) is 0 Å². The maximum Gasteiger partial charge on any atom is 0.241 e. The minimum absolute atomic E-state index is 0.0171. The topological polar surface area (TPSA) is 81.4 Å². The summed E-state index contributed by atoms with van der Waals surface area (Å²) in [5.74, 6) is 0. The fourth-order valence-electron chi connectivity index (χ4n) is 2.63. The standard InChI is InChI=1S/C15H24N2O3S/c1-3-11-8-14(16)13(4-2)15(9-11)21(18,19)17-10-12-6-5-7-20-12/h8-9,12,17H,3-7,10,16H2,1-2H3. The molecular weight excluding hydrogens is 288 g/mol. The summed E-state index contributed by atoms with van der Waals surface area (Å²) in [7, 11) is -3.56. The molecule has 5 nitrogen and oxygen atoms in total. The van der Waals surface area contributed by atoms with Gasteiger partial charge in [-0.25, -0.2) is 13.1 Å². The molecule has 6 heteroatoms. The van der Waals surface area contributed by atoms with Crippen molar-refractivity contribution >= 4 is 15.7 Å². The van der Waals surface area contributed by atoms with E-state index in [0.29, 0.717) is 35.7 Å². The number of rotatable bonds is 6. The minimum Gasteiger partial charge on any atom is -0.398 e. The Hall–Kier alpha value is -1.11. The number of hydrogen-bond donors (Lipinski definition) is 2. The molecule has 0 amide bonds. The largest absolute Gasteiger partial charge is 0.398 e. The molecule has 0 radical (unpaired) electrons. The number of nitrogens with two attached hydrogens (primary N) is 1. The van der Waals surface area contributed by atoms with Crippen molar-refractivity contribution in [1.82, 2.24) is 4.72 Å². The lowest BCUT2D eigenvalue weighted by atomic mass is 10.1. The van der Waals surface area contributed by atoms with E-state index < -0.39 is 10.0 Å². The van der Waals surface area contributed by atoms with Crippen LogP contribution in [0, 0.1) is 0 Å². The second kappa shape index (κ2) is 6.77. The Bertz CT molecular complexity index is 593. The van der Waals surface area contributed by atoms with Crippen molar-refractivity contribution in [2.24, 2.45) is 0 Å². The van der Waals surface area contributed by atoms with Crippen molar-refractivity contribution in [3.05, 3.63) is 23.3 Å². The molecular formula is C15H24N2O3S. The van der Waals surface area contributed by atoms with E-state index in [2.05, 4.69) is 4.72 Å². The zero-order valence-corrected chi connectivity index (χ0v) is 13.5. The van der Waals surface area contributed by atoms with Crippen LogP contribution in [0.5, 0.6) is 0 Å². The molecule has 1 aromatic rings. The van der Waals surface area contributed by atoms with Crippen LogP contribution < -0.4 is 10.5 Å². The third kappa shape index (κ3) is 3.75. The fraction of sp³-hybridized carbons (Fsp3) is 0.600. The van der Waals surface area contributed by atoms with Crippen LogP contribution in [0.2, 0.25) is 0 Å². The Morgan fingerprint density at radius 2 is 2.10 bits per heavy atom. The van der Waals surface area contributed by atoms with Gasteiger partial charge in [0.15, 0.2) is 0 Å². The molecule has 0 saturated carbocycles. The second-order valence-electron chi connectivity index (χ2n) is 5.36. The number of hydrogen-bond acceptors (Lipinski definition) is 4. The summed E-state index contributed by atoms with van der Waals surface area (Å²) in [4.78, 5) is 0.305. The first-order valence-electron chi connectivity index (χ1n) is 7.50. The van der Waals surface area contributed by atoms with E-state index in [9.17, 15) is 8.42 Å². The Labute approximate surface area is 126 Å². The first-order chi connectivity index (χ1) is 9.97. The van der Waals surface area contributed by atoms with Gasteiger partial charge >= 0.3 is 0 Å². The molecule has 1 fully saturated rings. The third-order valence-electron chi connectivity index (χ3n) is 3.88. The second-order valence-corrected chi connectivity index (χ2v) is 7.09. The van der Waals surface area contributed by atoms with Crippen LogP contribution in [-0.4, -0.2) is 27.7 Å². The Kier molecular flexibility index (Phi) is 5.24. The van der Waals surface area contributed by atoms with Crippen LogP contribution in [0.4, 0.5) is 5.69 Å². The number of benzene rings is 1. The number of nitrogen functional groups attached to an aromatic ring is 1. The zero-order valence-electron chi connectivity index (χ0n) is 12.7. The van der Waals surface area contributed by atoms with Gasteiger partial charge in [-0.15, -0.1) is 0 Å². The monoisotopic (exact) mass is 312 g/mol. The average Bonchev–Trinajstić information content (AvgIpc) is 2.97. The maximum atomic E-state index is 12.6. The van der Waals surface area contributed by atoms with Gasteiger partial charge in [0.05, 0.1) is 11.0 Å². The molecule has 21 heavy (non-hydrogen) atoms. The Morgan fingerprint density at radius 3 is 2.67 bits per heavy atom. The summed E-state index contributed by atoms with van der Waals surface area (Å²) in [6, 6.07) is 3.59. The lowest BCUT2D eigenvalue weighted by Gasteiger charge is -2.16. The van der Waals surface area contributed by atoms with E-state index in [4.69, 9.17) is 10.5 Å². The number of nitrogens with one attached hydrogen (secondary N) is 1.